The maximum Gasteiger partial charge on any atom is 0.317 e. The molecule has 3 rings (SSSR count). The van der Waals surface area contributed by atoms with E-state index in [1.807, 2.05) is 60.4 Å². The molecule has 1 saturated heterocycles. The quantitative estimate of drug-likeness (QED) is 0.818. The Kier molecular flexibility index (Phi) is 6.41. The summed E-state index contributed by atoms with van der Waals surface area (Å²) >= 11 is 6.07. The molecular weight excluding hydrogens is 376 g/mol. The zero-order valence-electron chi connectivity index (χ0n) is 16.1. The summed E-state index contributed by atoms with van der Waals surface area (Å²) < 4.78 is 0. The second kappa shape index (κ2) is 8.97. The van der Waals surface area contributed by atoms with Crippen LogP contribution in [0.15, 0.2) is 48.5 Å². The fourth-order valence-corrected chi connectivity index (χ4v) is 3.47. The Morgan fingerprint density at radius 1 is 1.04 bits per heavy atom. The number of hydrogen-bond acceptors (Lipinski definition) is 3. The van der Waals surface area contributed by atoms with Crippen LogP contribution in [0.1, 0.15) is 25.5 Å². The average molecular weight is 401 g/mol. The monoisotopic (exact) mass is 400 g/mol. The molecule has 1 heterocycles. The van der Waals surface area contributed by atoms with Crippen molar-refractivity contribution in [2.45, 2.75) is 19.9 Å². The molecule has 148 valence electrons. The normalized spacial score (nSPS) is 15.1. The number of amides is 3. The van der Waals surface area contributed by atoms with Gasteiger partial charge in [-0.3, -0.25) is 4.79 Å². The van der Waals surface area contributed by atoms with Crippen LogP contribution in [0.25, 0.3) is 0 Å². The molecule has 0 radical (unpaired) electrons. The van der Waals surface area contributed by atoms with Crippen molar-refractivity contribution in [3.05, 3.63) is 59.1 Å². The highest BCUT2D eigenvalue weighted by Gasteiger charge is 2.22. The number of nitrogens with zero attached hydrogens (tertiary/aromatic N) is 2. The first-order valence-electron chi connectivity index (χ1n) is 9.36. The number of urea groups is 1. The molecule has 1 aliphatic rings. The number of hydrogen-bond donors (Lipinski definition) is 2. The van der Waals surface area contributed by atoms with Gasteiger partial charge in [-0.2, -0.15) is 0 Å². The summed E-state index contributed by atoms with van der Waals surface area (Å²) in [5, 5.41) is 6.52. The topological polar surface area (TPSA) is 64.7 Å². The van der Waals surface area contributed by atoms with E-state index in [4.69, 9.17) is 11.6 Å². The number of rotatable bonds is 4. The predicted molar refractivity (Wildman–Crippen MR) is 113 cm³/mol. The van der Waals surface area contributed by atoms with E-state index < -0.39 is 0 Å². The maximum absolute atomic E-state index is 12.6. The van der Waals surface area contributed by atoms with E-state index in [-0.39, 0.29) is 18.0 Å². The summed E-state index contributed by atoms with van der Waals surface area (Å²) in [6.07, 6.45) is 0. The van der Waals surface area contributed by atoms with Gasteiger partial charge in [-0.05, 0) is 42.8 Å². The molecule has 2 aromatic carbocycles. The Hall–Kier alpha value is -2.73. The number of carbonyl (C=O) groups is 2. The fourth-order valence-electron chi connectivity index (χ4n) is 3.29. The standard InChI is InChI=1S/C21H25ClN4O2/c1-15(17-5-3-7-19(13-17)24-16(2)27)23-21(28)26-11-9-25(10-12-26)20-8-4-6-18(22)14-20/h3-8,13-15H,9-12H2,1-2H3,(H,23,28)(H,24,27)/t15-/m0/s1. The van der Waals surface area contributed by atoms with Crippen LogP contribution in [-0.2, 0) is 4.79 Å². The summed E-state index contributed by atoms with van der Waals surface area (Å²) in [5.41, 5.74) is 2.74. The van der Waals surface area contributed by atoms with Crippen molar-refractivity contribution in [1.82, 2.24) is 10.2 Å². The molecule has 0 spiro atoms. The molecule has 0 saturated carbocycles. The smallest absolute Gasteiger partial charge is 0.317 e. The van der Waals surface area contributed by atoms with Gasteiger partial charge in [0.05, 0.1) is 6.04 Å². The summed E-state index contributed by atoms with van der Waals surface area (Å²) in [7, 11) is 0. The van der Waals surface area contributed by atoms with Crippen LogP contribution < -0.4 is 15.5 Å². The van der Waals surface area contributed by atoms with Crippen molar-refractivity contribution in [2.24, 2.45) is 0 Å². The third kappa shape index (κ3) is 5.16. The van der Waals surface area contributed by atoms with E-state index in [2.05, 4.69) is 15.5 Å². The number of anilines is 2. The molecule has 28 heavy (non-hydrogen) atoms. The molecule has 2 aromatic rings. The van der Waals surface area contributed by atoms with Gasteiger partial charge in [0.1, 0.15) is 0 Å². The fraction of sp³-hybridized carbons (Fsp3) is 0.333. The second-order valence-corrected chi connectivity index (χ2v) is 7.37. The third-order valence-electron chi connectivity index (χ3n) is 4.79. The van der Waals surface area contributed by atoms with Crippen LogP contribution >= 0.6 is 11.6 Å². The van der Waals surface area contributed by atoms with Crippen molar-refractivity contribution < 1.29 is 9.59 Å². The van der Waals surface area contributed by atoms with E-state index in [0.717, 1.165) is 30.0 Å². The summed E-state index contributed by atoms with van der Waals surface area (Å²) in [4.78, 5) is 27.9. The van der Waals surface area contributed by atoms with Crippen LogP contribution in [0.5, 0.6) is 0 Å². The summed E-state index contributed by atoms with van der Waals surface area (Å²) in [6.45, 7) is 6.24. The molecule has 3 amide bonds. The van der Waals surface area contributed by atoms with Crippen LogP contribution in [0, 0.1) is 0 Å². The maximum atomic E-state index is 12.6. The molecule has 1 aliphatic heterocycles. The minimum Gasteiger partial charge on any atom is -0.368 e. The highest BCUT2D eigenvalue weighted by molar-refractivity contribution is 6.30. The van der Waals surface area contributed by atoms with E-state index >= 15 is 0 Å². The van der Waals surface area contributed by atoms with Gasteiger partial charge in [-0.15, -0.1) is 0 Å². The van der Waals surface area contributed by atoms with Gasteiger partial charge in [0.25, 0.3) is 0 Å². The Morgan fingerprint density at radius 2 is 1.75 bits per heavy atom. The Labute approximate surface area is 170 Å². The number of carbonyl (C=O) groups excluding carboxylic acids is 2. The molecule has 7 heteroatoms. The molecule has 0 bridgehead atoms. The van der Waals surface area contributed by atoms with Crippen LogP contribution in [0.3, 0.4) is 0 Å². The minimum atomic E-state index is -0.160. The number of nitrogens with one attached hydrogen (secondary N) is 2. The summed E-state index contributed by atoms with van der Waals surface area (Å²) in [5.74, 6) is -0.119. The SMILES string of the molecule is CC(=O)Nc1cccc([C@H](C)NC(=O)N2CCN(c3cccc(Cl)c3)CC2)c1. The predicted octanol–water partition coefficient (Wildman–Crippen LogP) is 3.89. The first kappa shape index (κ1) is 20.0. The molecule has 1 fully saturated rings. The minimum absolute atomic E-state index is 0.0804. The Morgan fingerprint density at radius 3 is 2.43 bits per heavy atom. The van der Waals surface area contributed by atoms with Gasteiger partial charge >= 0.3 is 6.03 Å². The van der Waals surface area contributed by atoms with Gasteiger partial charge in [-0.25, -0.2) is 4.79 Å². The van der Waals surface area contributed by atoms with Crippen molar-refractivity contribution in [3.63, 3.8) is 0 Å². The van der Waals surface area contributed by atoms with E-state index in [0.29, 0.717) is 18.1 Å². The van der Waals surface area contributed by atoms with Crippen molar-refractivity contribution in [2.75, 3.05) is 36.4 Å². The van der Waals surface area contributed by atoms with Gasteiger partial charge in [0.15, 0.2) is 0 Å². The lowest BCUT2D eigenvalue weighted by molar-refractivity contribution is -0.114. The molecule has 0 unspecified atom stereocenters. The lowest BCUT2D eigenvalue weighted by Gasteiger charge is -2.36. The Balaban J connectivity index is 1.55. The zero-order chi connectivity index (χ0) is 20.1. The van der Waals surface area contributed by atoms with Crippen LogP contribution in [-0.4, -0.2) is 43.0 Å². The third-order valence-corrected chi connectivity index (χ3v) is 5.02. The first-order chi connectivity index (χ1) is 13.4. The molecule has 1 atom stereocenters. The van der Waals surface area contributed by atoms with Gasteiger partial charge in [-0.1, -0.05) is 29.8 Å². The molecule has 0 aromatic heterocycles. The molecule has 2 N–H and O–H groups in total. The van der Waals surface area contributed by atoms with Gasteiger partial charge < -0.3 is 20.4 Å². The molecular formula is C21H25ClN4O2. The number of halogens is 1. The van der Waals surface area contributed by atoms with E-state index in [1.54, 1.807) is 0 Å². The van der Waals surface area contributed by atoms with Crippen molar-refractivity contribution in [1.29, 1.82) is 0 Å². The highest BCUT2D eigenvalue weighted by Crippen LogP contribution is 2.21. The first-order valence-corrected chi connectivity index (χ1v) is 9.73. The van der Waals surface area contributed by atoms with Gasteiger partial charge in [0, 0.05) is 49.5 Å². The average Bonchev–Trinajstić information content (AvgIpc) is 2.68. The van der Waals surface area contributed by atoms with E-state index in [9.17, 15) is 9.59 Å². The van der Waals surface area contributed by atoms with Gasteiger partial charge in [0.2, 0.25) is 5.91 Å². The number of benzene rings is 2. The molecule has 0 aliphatic carbocycles. The van der Waals surface area contributed by atoms with E-state index in [1.165, 1.54) is 6.92 Å². The number of piperazine rings is 1. The van der Waals surface area contributed by atoms with Crippen LogP contribution in [0.2, 0.25) is 5.02 Å². The zero-order valence-corrected chi connectivity index (χ0v) is 16.9. The van der Waals surface area contributed by atoms with Crippen molar-refractivity contribution in [3.8, 4) is 0 Å². The molecule has 6 nitrogen and oxygen atoms in total. The second-order valence-electron chi connectivity index (χ2n) is 6.93. The lowest BCUT2D eigenvalue weighted by atomic mass is 10.1. The summed E-state index contributed by atoms with van der Waals surface area (Å²) in [6, 6.07) is 15.0. The lowest BCUT2D eigenvalue weighted by Crippen LogP contribution is -2.52. The van der Waals surface area contributed by atoms with Crippen LogP contribution in [0.4, 0.5) is 16.2 Å². The van der Waals surface area contributed by atoms with Crippen molar-refractivity contribution >= 4 is 34.9 Å². The highest BCUT2D eigenvalue weighted by atomic mass is 35.5. The largest absolute Gasteiger partial charge is 0.368 e. The Bertz CT molecular complexity index is 850.